The maximum Gasteiger partial charge on any atom is 0.296 e. The number of anilines is 1. The van der Waals surface area contributed by atoms with Crippen molar-refractivity contribution in [2.24, 2.45) is 10.9 Å². The normalized spacial score (nSPS) is 20.9. The van der Waals surface area contributed by atoms with Crippen molar-refractivity contribution in [2.75, 3.05) is 5.32 Å². The van der Waals surface area contributed by atoms with E-state index in [0.717, 1.165) is 41.8 Å². The van der Waals surface area contributed by atoms with E-state index in [1.165, 1.54) is 12.5 Å². The summed E-state index contributed by atoms with van der Waals surface area (Å²) in [6, 6.07) is 13.3. The van der Waals surface area contributed by atoms with Crippen molar-refractivity contribution in [3.63, 3.8) is 0 Å². The van der Waals surface area contributed by atoms with Gasteiger partial charge in [0, 0.05) is 12.5 Å². The Morgan fingerprint density at radius 1 is 1.10 bits per heavy atom. The molecule has 0 bridgehead atoms. The number of hydrogen-bond donors (Lipinski definition) is 2. The van der Waals surface area contributed by atoms with Crippen LogP contribution >= 0.6 is 0 Å². The highest BCUT2D eigenvalue weighted by Gasteiger charge is 2.24. The second-order valence-corrected chi connectivity index (χ2v) is 9.05. The van der Waals surface area contributed by atoms with Gasteiger partial charge >= 0.3 is 0 Å². The molecule has 0 spiro atoms. The van der Waals surface area contributed by atoms with E-state index < -0.39 is 10.1 Å². The summed E-state index contributed by atoms with van der Waals surface area (Å²) >= 11 is 0. The highest BCUT2D eigenvalue weighted by molar-refractivity contribution is 7.86. The van der Waals surface area contributed by atoms with E-state index in [2.05, 4.69) is 17.2 Å². The van der Waals surface area contributed by atoms with Crippen molar-refractivity contribution in [1.29, 1.82) is 0 Å². The van der Waals surface area contributed by atoms with Crippen LogP contribution in [0.1, 0.15) is 57.6 Å². The topological polar surface area (TPSA) is 78.8 Å². The lowest BCUT2D eigenvalue weighted by Gasteiger charge is -2.29. The molecular weight excluding hydrogens is 384 g/mol. The van der Waals surface area contributed by atoms with Crippen LogP contribution in [0.25, 0.3) is 0 Å². The molecule has 1 fully saturated rings. The number of nitrogens with one attached hydrogen (secondary N) is 1. The van der Waals surface area contributed by atoms with E-state index in [1.807, 2.05) is 44.2 Å². The molecule has 2 atom stereocenters. The summed E-state index contributed by atoms with van der Waals surface area (Å²) in [6.07, 6.45) is 5.03. The van der Waals surface area contributed by atoms with E-state index in [9.17, 15) is 13.0 Å². The van der Waals surface area contributed by atoms with Crippen molar-refractivity contribution in [3.8, 4) is 0 Å². The fourth-order valence-corrected chi connectivity index (χ4v) is 4.80. The monoisotopic (exact) mass is 414 g/mol. The quantitative estimate of drug-likeness (QED) is 0.636. The molecule has 1 aliphatic heterocycles. The van der Waals surface area contributed by atoms with Gasteiger partial charge in [0.05, 0.1) is 17.1 Å². The molecule has 6 heteroatoms. The van der Waals surface area contributed by atoms with Gasteiger partial charge in [-0.05, 0) is 48.1 Å². The SMILES string of the molecule is CC.CC1CCCC(Nc2ccc(C3=Nc4ccccc4C3)cc2S(=O)(=O)O)C1. The molecule has 2 aromatic rings. The molecule has 156 valence electrons. The zero-order valence-corrected chi connectivity index (χ0v) is 18.2. The number of fused-ring (bicyclic) bond motifs is 1. The highest BCUT2D eigenvalue weighted by Crippen LogP contribution is 2.32. The summed E-state index contributed by atoms with van der Waals surface area (Å²) in [5, 5.41) is 3.34. The van der Waals surface area contributed by atoms with Gasteiger partial charge in [0.25, 0.3) is 10.1 Å². The average molecular weight is 415 g/mol. The second-order valence-electron chi connectivity index (χ2n) is 7.66. The summed E-state index contributed by atoms with van der Waals surface area (Å²) in [7, 11) is -4.33. The summed E-state index contributed by atoms with van der Waals surface area (Å²) in [5.41, 5.74) is 4.05. The van der Waals surface area contributed by atoms with Gasteiger partial charge in [0.1, 0.15) is 4.90 Å². The molecule has 0 saturated heterocycles. The predicted molar refractivity (Wildman–Crippen MR) is 119 cm³/mol. The van der Waals surface area contributed by atoms with Gasteiger partial charge in [-0.1, -0.05) is 57.9 Å². The van der Waals surface area contributed by atoms with E-state index in [4.69, 9.17) is 0 Å². The molecule has 1 aliphatic carbocycles. The lowest BCUT2D eigenvalue weighted by atomic mass is 9.87. The van der Waals surface area contributed by atoms with Crippen LogP contribution in [0.3, 0.4) is 0 Å². The predicted octanol–water partition coefficient (Wildman–Crippen LogP) is 5.63. The molecular formula is C23H30N2O3S. The molecule has 29 heavy (non-hydrogen) atoms. The molecule has 1 heterocycles. The zero-order valence-electron chi connectivity index (χ0n) is 17.4. The third-order valence-electron chi connectivity index (χ3n) is 5.49. The fraction of sp³-hybridized carbons (Fsp3) is 0.435. The first-order valence-corrected chi connectivity index (χ1v) is 11.9. The Morgan fingerprint density at radius 3 is 2.55 bits per heavy atom. The Kier molecular flexibility index (Phi) is 6.75. The maximum absolute atomic E-state index is 12.0. The van der Waals surface area contributed by atoms with Gasteiger partial charge < -0.3 is 5.32 Å². The first-order valence-electron chi connectivity index (χ1n) is 10.4. The van der Waals surface area contributed by atoms with Crippen LogP contribution < -0.4 is 5.32 Å². The minimum Gasteiger partial charge on any atom is -0.381 e. The minimum absolute atomic E-state index is 0.0723. The van der Waals surface area contributed by atoms with Crippen molar-refractivity contribution < 1.29 is 13.0 Å². The molecule has 2 N–H and O–H groups in total. The zero-order chi connectivity index (χ0) is 21.0. The van der Waals surface area contributed by atoms with Crippen LogP contribution in [0.2, 0.25) is 0 Å². The number of nitrogens with zero attached hydrogens (tertiary/aromatic N) is 1. The molecule has 0 aromatic heterocycles. The Hall–Kier alpha value is -2.18. The molecule has 2 aromatic carbocycles. The molecule has 5 nitrogen and oxygen atoms in total. The molecule has 0 amide bonds. The van der Waals surface area contributed by atoms with E-state index in [0.29, 0.717) is 18.0 Å². The summed E-state index contributed by atoms with van der Waals surface area (Å²) < 4.78 is 33.8. The molecule has 0 radical (unpaired) electrons. The van der Waals surface area contributed by atoms with Crippen molar-refractivity contribution in [3.05, 3.63) is 53.6 Å². The van der Waals surface area contributed by atoms with E-state index >= 15 is 0 Å². The Morgan fingerprint density at radius 2 is 1.86 bits per heavy atom. The van der Waals surface area contributed by atoms with Crippen LogP contribution in [-0.2, 0) is 16.5 Å². The van der Waals surface area contributed by atoms with Crippen LogP contribution in [0.4, 0.5) is 11.4 Å². The van der Waals surface area contributed by atoms with Crippen molar-refractivity contribution in [2.45, 2.75) is 63.8 Å². The van der Waals surface area contributed by atoms with Crippen molar-refractivity contribution >= 4 is 27.2 Å². The fourth-order valence-electron chi connectivity index (χ4n) is 4.12. The smallest absolute Gasteiger partial charge is 0.296 e. The lowest BCUT2D eigenvalue weighted by Crippen LogP contribution is -2.27. The number of rotatable bonds is 4. The van der Waals surface area contributed by atoms with Crippen LogP contribution in [0.15, 0.2) is 52.4 Å². The van der Waals surface area contributed by atoms with Gasteiger partial charge in [-0.3, -0.25) is 9.55 Å². The minimum atomic E-state index is -4.33. The van der Waals surface area contributed by atoms with Gasteiger partial charge in [-0.2, -0.15) is 8.42 Å². The largest absolute Gasteiger partial charge is 0.381 e. The summed E-state index contributed by atoms with van der Waals surface area (Å²) in [6.45, 7) is 6.22. The van der Waals surface area contributed by atoms with Gasteiger partial charge in [0.15, 0.2) is 0 Å². The molecule has 2 aliphatic rings. The van der Waals surface area contributed by atoms with E-state index in [1.54, 1.807) is 6.07 Å². The summed E-state index contributed by atoms with van der Waals surface area (Å²) in [5.74, 6) is 0.621. The van der Waals surface area contributed by atoms with E-state index in [-0.39, 0.29) is 10.9 Å². The number of hydrogen-bond acceptors (Lipinski definition) is 4. The number of benzene rings is 2. The Labute approximate surface area is 174 Å². The molecule has 4 rings (SSSR count). The second kappa shape index (κ2) is 9.09. The third kappa shape index (κ3) is 5.06. The van der Waals surface area contributed by atoms with Gasteiger partial charge in [-0.15, -0.1) is 0 Å². The summed E-state index contributed by atoms with van der Waals surface area (Å²) in [4.78, 5) is 4.55. The van der Waals surface area contributed by atoms with Crippen LogP contribution in [0.5, 0.6) is 0 Å². The maximum atomic E-state index is 12.0. The average Bonchev–Trinajstić information content (AvgIpc) is 3.13. The number of para-hydroxylation sites is 1. The lowest BCUT2D eigenvalue weighted by molar-refractivity contribution is 0.358. The van der Waals surface area contributed by atoms with Gasteiger partial charge in [-0.25, -0.2) is 0 Å². The van der Waals surface area contributed by atoms with Crippen LogP contribution in [0, 0.1) is 5.92 Å². The Balaban J connectivity index is 0.00000117. The highest BCUT2D eigenvalue weighted by atomic mass is 32.2. The Bertz CT molecular complexity index is 999. The molecule has 1 saturated carbocycles. The third-order valence-corrected chi connectivity index (χ3v) is 6.39. The standard InChI is InChI=1S/C21H24N2O3S.C2H6/c1-14-5-4-7-17(11-14)22-19-10-9-16(13-21(19)27(24,25)26)20-12-15-6-2-3-8-18(15)23-20;1-2/h2-3,6,8-10,13-14,17,22H,4-5,7,11-12H2,1H3,(H,24,25,26);1-2H3. The van der Waals surface area contributed by atoms with Crippen molar-refractivity contribution in [1.82, 2.24) is 0 Å². The molecule has 2 unspecified atom stereocenters. The van der Waals surface area contributed by atoms with Gasteiger partial charge in [0.2, 0.25) is 0 Å². The number of aliphatic imine (C=N–C) groups is 1. The first kappa shape index (κ1) is 21.5. The van der Waals surface area contributed by atoms with Crippen LogP contribution in [-0.4, -0.2) is 24.7 Å². The first-order chi connectivity index (χ1) is 13.9.